The van der Waals surface area contributed by atoms with Gasteiger partial charge in [-0.2, -0.15) is 0 Å². The maximum Gasteiger partial charge on any atom is 0.225 e. The summed E-state index contributed by atoms with van der Waals surface area (Å²) in [6, 6.07) is 1.24. The standard InChI is InChI=1S/C18H29N3O2/c22-17-9-14(12-21(17)16-3-1-2-4-16)18(23)19-10-13-7-8-20(11-13)15-5-6-15/h13-16H,1-12H2,(H,19,23). The summed E-state index contributed by atoms with van der Waals surface area (Å²) in [6.07, 6.45) is 9.05. The van der Waals surface area contributed by atoms with E-state index in [1.54, 1.807) is 0 Å². The fourth-order valence-electron chi connectivity index (χ4n) is 4.67. The Bertz CT molecular complexity index is 471. The first-order valence-electron chi connectivity index (χ1n) is 9.52. The van der Waals surface area contributed by atoms with Crippen LogP contribution in [0.3, 0.4) is 0 Å². The van der Waals surface area contributed by atoms with Gasteiger partial charge in [0.2, 0.25) is 11.8 Å². The minimum atomic E-state index is -0.121. The van der Waals surface area contributed by atoms with Gasteiger partial charge in [0, 0.05) is 38.1 Å². The van der Waals surface area contributed by atoms with E-state index in [1.165, 1.54) is 38.6 Å². The van der Waals surface area contributed by atoms with Gasteiger partial charge in [0.05, 0.1) is 5.92 Å². The van der Waals surface area contributed by atoms with Gasteiger partial charge in [0.15, 0.2) is 0 Å². The third-order valence-electron chi connectivity index (χ3n) is 6.24. The zero-order chi connectivity index (χ0) is 15.8. The molecule has 2 amide bonds. The first-order valence-corrected chi connectivity index (χ1v) is 9.52. The second kappa shape index (κ2) is 6.42. The molecule has 2 unspecified atom stereocenters. The first kappa shape index (κ1) is 15.4. The molecule has 4 fully saturated rings. The lowest BCUT2D eigenvalue weighted by molar-refractivity contribution is -0.130. The molecule has 4 rings (SSSR count). The fraction of sp³-hybridized carbons (Fsp3) is 0.889. The van der Waals surface area contributed by atoms with E-state index in [1.807, 2.05) is 4.90 Å². The molecule has 1 N–H and O–H groups in total. The molecule has 2 atom stereocenters. The lowest BCUT2D eigenvalue weighted by Gasteiger charge is -2.24. The van der Waals surface area contributed by atoms with Crippen LogP contribution >= 0.6 is 0 Å². The van der Waals surface area contributed by atoms with Crippen molar-refractivity contribution in [3.63, 3.8) is 0 Å². The highest BCUT2D eigenvalue weighted by Crippen LogP contribution is 2.32. The van der Waals surface area contributed by atoms with Crippen molar-refractivity contribution < 1.29 is 9.59 Å². The topological polar surface area (TPSA) is 52.7 Å². The van der Waals surface area contributed by atoms with E-state index in [9.17, 15) is 9.59 Å². The molecule has 128 valence electrons. The maximum atomic E-state index is 12.4. The predicted octanol–water partition coefficient (Wildman–Crippen LogP) is 1.38. The van der Waals surface area contributed by atoms with Crippen LogP contribution in [0.1, 0.15) is 51.4 Å². The number of hydrogen-bond acceptors (Lipinski definition) is 3. The van der Waals surface area contributed by atoms with Crippen LogP contribution in [0.15, 0.2) is 0 Å². The molecule has 2 heterocycles. The van der Waals surface area contributed by atoms with E-state index in [0.717, 1.165) is 32.0 Å². The number of hydrogen-bond donors (Lipinski definition) is 1. The normalized spacial score (nSPS) is 32.9. The highest BCUT2D eigenvalue weighted by Gasteiger charge is 2.39. The Morgan fingerprint density at radius 1 is 1.04 bits per heavy atom. The Kier molecular flexibility index (Phi) is 4.31. The molecule has 5 nitrogen and oxygen atoms in total. The van der Waals surface area contributed by atoms with Gasteiger partial charge in [-0.05, 0) is 44.6 Å². The third kappa shape index (κ3) is 3.39. The lowest BCUT2D eigenvalue weighted by atomic mass is 10.1. The van der Waals surface area contributed by atoms with Crippen LogP contribution in [-0.2, 0) is 9.59 Å². The van der Waals surface area contributed by atoms with Gasteiger partial charge in [-0.1, -0.05) is 12.8 Å². The summed E-state index contributed by atoms with van der Waals surface area (Å²) in [4.78, 5) is 29.2. The largest absolute Gasteiger partial charge is 0.355 e. The molecule has 2 aliphatic carbocycles. The minimum absolute atomic E-state index is 0.101. The molecule has 0 radical (unpaired) electrons. The second-order valence-electron chi connectivity index (χ2n) is 8.01. The molecule has 0 aromatic carbocycles. The van der Waals surface area contributed by atoms with Gasteiger partial charge < -0.3 is 15.1 Å². The number of carbonyl (C=O) groups excluding carboxylic acids is 2. The zero-order valence-electron chi connectivity index (χ0n) is 14.0. The molecular weight excluding hydrogens is 290 g/mol. The van der Waals surface area contributed by atoms with E-state index in [0.29, 0.717) is 24.9 Å². The Hall–Kier alpha value is -1.10. The van der Waals surface area contributed by atoms with Gasteiger partial charge in [0.1, 0.15) is 0 Å². The van der Waals surface area contributed by atoms with Crippen LogP contribution in [0.5, 0.6) is 0 Å². The van der Waals surface area contributed by atoms with Crippen molar-refractivity contribution in [3.05, 3.63) is 0 Å². The van der Waals surface area contributed by atoms with Gasteiger partial charge >= 0.3 is 0 Å². The number of nitrogens with zero attached hydrogens (tertiary/aromatic N) is 2. The third-order valence-corrected chi connectivity index (χ3v) is 6.24. The number of likely N-dealkylation sites (tertiary alicyclic amines) is 2. The minimum Gasteiger partial charge on any atom is -0.355 e. The van der Waals surface area contributed by atoms with Crippen LogP contribution in [0.4, 0.5) is 0 Å². The average molecular weight is 319 g/mol. The average Bonchev–Trinajstić information content (AvgIpc) is 2.95. The Labute approximate surface area is 138 Å². The molecule has 4 aliphatic rings. The SMILES string of the molecule is O=C(NCC1CCN(C2CC2)C1)C1CC(=O)N(C2CCCC2)C1. The van der Waals surface area contributed by atoms with Crippen LogP contribution in [0.2, 0.25) is 0 Å². The summed E-state index contributed by atoms with van der Waals surface area (Å²) in [5.74, 6) is 0.771. The number of rotatable bonds is 5. The molecule has 0 aromatic heterocycles. The van der Waals surface area contributed by atoms with Crippen molar-refractivity contribution in [2.24, 2.45) is 11.8 Å². The number of nitrogens with one attached hydrogen (secondary N) is 1. The molecule has 2 aliphatic heterocycles. The molecule has 0 spiro atoms. The highest BCUT2D eigenvalue weighted by molar-refractivity contribution is 5.89. The summed E-state index contributed by atoms with van der Waals surface area (Å²) in [5.41, 5.74) is 0. The molecule has 5 heteroatoms. The van der Waals surface area contributed by atoms with Crippen LogP contribution in [0.25, 0.3) is 0 Å². The van der Waals surface area contributed by atoms with Crippen molar-refractivity contribution in [2.45, 2.75) is 63.5 Å². The molecule has 0 aromatic rings. The summed E-state index contributed by atoms with van der Waals surface area (Å²) in [6.45, 7) is 3.77. The summed E-state index contributed by atoms with van der Waals surface area (Å²) >= 11 is 0. The van der Waals surface area contributed by atoms with Gasteiger partial charge in [-0.25, -0.2) is 0 Å². The Morgan fingerprint density at radius 3 is 2.57 bits per heavy atom. The van der Waals surface area contributed by atoms with Gasteiger partial charge in [0.25, 0.3) is 0 Å². The van der Waals surface area contributed by atoms with E-state index in [-0.39, 0.29) is 17.7 Å². The number of carbonyl (C=O) groups is 2. The van der Waals surface area contributed by atoms with Crippen LogP contribution in [-0.4, -0.2) is 59.9 Å². The fourth-order valence-corrected chi connectivity index (χ4v) is 4.67. The van der Waals surface area contributed by atoms with Crippen LogP contribution in [0, 0.1) is 11.8 Å². The second-order valence-corrected chi connectivity index (χ2v) is 8.01. The summed E-state index contributed by atoms with van der Waals surface area (Å²) in [7, 11) is 0. The van der Waals surface area contributed by atoms with Crippen molar-refractivity contribution in [1.29, 1.82) is 0 Å². The summed E-state index contributed by atoms with van der Waals surface area (Å²) < 4.78 is 0. The Balaban J connectivity index is 1.22. The van der Waals surface area contributed by atoms with E-state index in [2.05, 4.69) is 10.2 Å². The van der Waals surface area contributed by atoms with Crippen molar-refractivity contribution in [3.8, 4) is 0 Å². The molecule has 2 saturated heterocycles. The number of amides is 2. The highest BCUT2D eigenvalue weighted by atomic mass is 16.2. The maximum absolute atomic E-state index is 12.4. The predicted molar refractivity (Wildman–Crippen MR) is 87.8 cm³/mol. The molecular formula is C18H29N3O2. The molecule has 23 heavy (non-hydrogen) atoms. The molecule has 0 bridgehead atoms. The van der Waals surface area contributed by atoms with Crippen LogP contribution < -0.4 is 5.32 Å². The van der Waals surface area contributed by atoms with Crippen molar-refractivity contribution in [2.75, 3.05) is 26.2 Å². The Morgan fingerprint density at radius 2 is 1.83 bits per heavy atom. The quantitative estimate of drug-likeness (QED) is 0.833. The van der Waals surface area contributed by atoms with E-state index < -0.39 is 0 Å². The first-order chi connectivity index (χ1) is 11.2. The molecule has 2 saturated carbocycles. The van der Waals surface area contributed by atoms with Crippen molar-refractivity contribution >= 4 is 11.8 Å². The van der Waals surface area contributed by atoms with E-state index >= 15 is 0 Å². The lowest BCUT2D eigenvalue weighted by Crippen LogP contribution is -2.38. The van der Waals surface area contributed by atoms with Gasteiger partial charge in [-0.3, -0.25) is 9.59 Å². The smallest absolute Gasteiger partial charge is 0.225 e. The van der Waals surface area contributed by atoms with E-state index in [4.69, 9.17) is 0 Å². The monoisotopic (exact) mass is 319 g/mol. The zero-order valence-corrected chi connectivity index (χ0v) is 14.0. The summed E-state index contributed by atoms with van der Waals surface area (Å²) in [5, 5.41) is 3.13. The van der Waals surface area contributed by atoms with Gasteiger partial charge in [-0.15, -0.1) is 0 Å². The van der Waals surface area contributed by atoms with Crippen molar-refractivity contribution in [1.82, 2.24) is 15.1 Å².